The maximum atomic E-state index is 5.79. The van der Waals surface area contributed by atoms with Crippen molar-refractivity contribution in [1.82, 2.24) is 19.7 Å². The molecule has 1 aliphatic heterocycles. The van der Waals surface area contributed by atoms with Crippen molar-refractivity contribution in [2.45, 2.75) is 20.0 Å². The van der Waals surface area contributed by atoms with Crippen LogP contribution < -0.4 is 0 Å². The van der Waals surface area contributed by atoms with Crippen molar-refractivity contribution in [1.29, 1.82) is 0 Å². The van der Waals surface area contributed by atoms with Crippen LogP contribution in [0.4, 0.5) is 0 Å². The zero-order chi connectivity index (χ0) is 9.97. The molecule has 78 valence electrons. The van der Waals surface area contributed by atoms with Crippen molar-refractivity contribution in [3.63, 3.8) is 0 Å². The summed E-state index contributed by atoms with van der Waals surface area (Å²) in [5.74, 6) is 2.34. The monoisotopic (exact) mass is 214 g/mol. The average Bonchev–Trinajstić information content (AvgIpc) is 2.64. The first kappa shape index (κ1) is 9.93. The summed E-state index contributed by atoms with van der Waals surface area (Å²) >= 11 is 5.79. The largest absolute Gasteiger partial charge is 0.315 e. The van der Waals surface area contributed by atoms with Crippen LogP contribution in [0.3, 0.4) is 0 Å². The van der Waals surface area contributed by atoms with E-state index in [-0.39, 0.29) is 0 Å². The molecule has 0 radical (unpaired) electrons. The molecule has 5 heteroatoms. The molecule has 0 amide bonds. The van der Waals surface area contributed by atoms with Crippen LogP contribution in [0.25, 0.3) is 0 Å². The molecule has 0 spiro atoms. The molecule has 0 aromatic carbocycles. The van der Waals surface area contributed by atoms with Gasteiger partial charge in [0.05, 0.1) is 6.54 Å². The molecule has 0 bridgehead atoms. The molecular formula is C9H15ClN4. The fourth-order valence-electron chi connectivity index (χ4n) is 1.76. The molecule has 1 atom stereocenters. The second-order valence-electron chi connectivity index (χ2n) is 3.94. The minimum Gasteiger partial charge on any atom is -0.315 e. The summed E-state index contributed by atoms with van der Waals surface area (Å²) in [6.45, 7) is 6.20. The molecule has 0 saturated carbocycles. The maximum absolute atomic E-state index is 5.79. The number of hydrogen-bond donors (Lipinski definition) is 0. The second kappa shape index (κ2) is 4.28. The van der Waals surface area contributed by atoms with Gasteiger partial charge in [-0.1, -0.05) is 6.92 Å². The van der Waals surface area contributed by atoms with Gasteiger partial charge < -0.3 is 4.57 Å². The number of hydrogen-bond acceptors (Lipinski definition) is 3. The molecule has 0 fully saturated rings. The first-order chi connectivity index (χ1) is 6.79. The fourth-order valence-corrected chi connectivity index (χ4v) is 1.86. The minimum absolute atomic E-state index is 0.547. The van der Waals surface area contributed by atoms with Gasteiger partial charge in [-0.05, 0) is 5.92 Å². The Labute approximate surface area is 88.9 Å². The van der Waals surface area contributed by atoms with Gasteiger partial charge in [0.1, 0.15) is 12.2 Å². The van der Waals surface area contributed by atoms with Crippen molar-refractivity contribution in [2.24, 2.45) is 5.92 Å². The Bertz CT molecular complexity index is 299. The maximum Gasteiger partial charge on any atom is 0.147 e. The number of rotatable bonds is 3. The highest BCUT2D eigenvalue weighted by atomic mass is 35.5. The third kappa shape index (κ3) is 2.07. The number of alkyl halides is 1. The number of nitrogens with zero attached hydrogens (tertiary/aromatic N) is 4. The molecule has 2 rings (SSSR count). The lowest BCUT2D eigenvalue weighted by molar-refractivity contribution is 0.196. The first-order valence-corrected chi connectivity index (χ1v) is 5.48. The highest BCUT2D eigenvalue weighted by Gasteiger charge is 2.18. The van der Waals surface area contributed by atoms with Gasteiger partial charge in [0.15, 0.2) is 0 Å². The predicted octanol–water partition coefficient (Wildman–Crippen LogP) is 0.969. The quantitative estimate of drug-likeness (QED) is 0.704. The van der Waals surface area contributed by atoms with Gasteiger partial charge >= 0.3 is 0 Å². The highest BCUT2D eigenvalue weighted by Crippen LogP contribution is 2.11. The normalized spacial score (nSPS) is 19.3. The molecule has 0 saturated heterocycles. The van der Waals surface area contributed by atoms with Crippen molar-refractivity contribution in [3.8, 4) is 0 Å². The van der Waals surface area contributed by atoms with E-state index in [0.717, 1.165) is 37.9 Å². The Kier molecular flexibility index (Phi) is 3.03. The summed E-state index contributed by atoms with van der Waals surface area (Å²) in [4.78, 5) is 2.39. The van der Waals surface area contributed by atoms with E-state index in [2.05, 4.69) is 26.6 Å². The van der Waals surface area contributed by atoms with Gasteiger partial charge in [0.2, 0.25) is 0 Å². The summed E-state index contributed by atoms with van der Waals surface area (Å²) in [6, 6.07) is 0. The van der Waals surface area contributed by atoms with Crippen LogP contribution in [0.1, 0.15) is 12.7 Å². The molecule has 4 nitrogen and oxygen atoms in total. The van der Waals surface area contributed by atoms with Crippen LogP contribution in [0.5, 0.6) is 0 Å². The average molecular weight is 215 g/mol. The summed E-state index contributed by atoms with van der Waals surface area (Å²) in [5, 5.41) is 7.98. The Morgan fingerprint density at radius 1 is 1.57 bits per heavy atom. The van der Waals surface area contributed by atoms with Crippen LogP contribution in [0.15, 0.2) is 6.33 Å². The number of halogens is 1. The van der Waals surface area contributed by atoms with Crippen LogP contribution in [0, 0.1) is 5.92 Å². The predicted molar refractivity (Wildman–Crippen MR) is 55.2 cm³/mol. The lowest BCUT2D eigenvalue weighted by Crippen LogP contribution is -2.36. The summed E-state index contributed by atoms with van der Waals surface area (Å²) < 4.78 is 2.11. The lowest BCUT2D eigenvalue weighted by atomic mass is 10.2. The van der Waals surface area contributed by atoms with Gasteiger partial charge in [0.25, 0.3) is 0 Å². The Morgan fingerprint density at radius 2 is 2.43 bits per heavy atom. The van der Waals surface area contributed by atoms with Crippen molar-refractivity contribution < 1.29 is 0 Å². The van der Waals surface area contributed by atoms with E-state index in [4.69, 9.17) is 11.6 Å². The van der Waals surface area contributed by atoms with Gasteiger partial charge in [-0.25, -0.2) is 0 Å². The van der Waals surface area contributed by atoms with Gasteiger partial charge in [0, 0.05) is 25.5 Å². The van der Waals surface area contributed by atoms with E-state index in [1.54, 1.807) is 6.33 Å². The fraction of sp³-hybridized carbons (Fsp3) is 0.778. The molecule has 1 aromatic heterocycles. The van der Waals surface area contributed by atoms with Crippen LogP contribution >= 0.6 is 11.6 Å². The Morgan fingerprint density at radius 3 is 3.21 bits per heavy atom. The molecule has 0 aliphatic carbocycles. The molecule has 1 aromatic rings. The van der Waals surface area contributed by atoms with Crippen molar-refractivity contribution >= 4 is 11.6 Å². The summed E-state index contributed by atoms with van der Waals surface area (Å²) in [6.07, 6.45) is 1.80. The summed E-state index contributed by atoms with van der Waals surface area (Å²) in [5.41, 5.74) is 0. The Hall–Kier alpha value is -0.610. The van der Waals surface area contributed by atoms with E-state index in [0.29, 0.717) is 5.92 Å². The third-order valence-corrected chi connectivity index (χ3v) is 3.08. The van der Waals surface area contributed by atoms with Crippen LogP contribution in [-0.4, -0.2) is 38.6 Å². The van der Waals surface area contributed by atoms with Crippen LogP contribution in [0.2, 0.25) is 0 Å². The minimum atomic E-state index is 0.547. The van der Waals surface area contributed by atoms with Gasteiger partial charge in [-0.2, -0.15) is 0 Å². The van der Waals surface area contributed by atoms with Gasteiger partial charge in [-0.15, -0.1) is 21.8 Å². The number of fused-ring (bicyclic) bond motifs is 1. The topological polar surface area (TPSA) is 34.0 Å². The Balaban J connectivity index is 1.94. The zero-order valence-corrected chi connectivity index (χ0v) is 9.11. The van der Waals surface area contributed by atoms with E-state index in [9.17, 15) is 0 Å². The van der Waals surface area contributed by atoms with Crippen molar-refractivity contribution in [3.05, 3.63) is 12.2 Å². The first-order valence-electron chi connectivity index (χ1n) is 4.94. The molecule has 1 aliphatic rings. The van der Waals surface area contributed by atoms with Gasteiger partial charge in [-0.3, -0.25) is 4.90 Å². The lowest BCUT2D eigenvalue weighted by Gasteiger charge is -2.28. The molecular weight excluding hydrogens is 200 g/mol. The third-order valence-electron chi connectivity index (χ3n) is 2.55. The van der Waals surface area contributed by atoms with Crippen molar-refractivity contribution in [2.75, 3.05) is 19.0 Å². The smallest absolute Gasteiger partial charge is 0.147 e. The molecule has 2 heterocycles. The molecule has 1 unspecified atom stereocenters. The summed E-state index contributed by atoms with van der Waals surface area (Å²) in [7, 11) is 0. The molecule has 0 N–H and O–H groups in total. The van der Waals surface area contributed by atoms with E-state index in [1.165, 1.54) is 0 Å². The van der Waals surface area contributed by atoms with E-state index in [1.807, 2.05) is 0 Å². The number of aromatic nitrogens is 3. The van der Waals surface area contributed by atoms with E-state index >= 15 is 0 Å². The second-order valence-corrected chi connectivity index (χ2v) is 4.24. The SMILES string of the molecule is CC(CCl)CN1CCn2cnnc2C1. The van der Waals surface area contributed by atoms with E-state index < -0.39 is 0 Å². The zero-order valence-electron chi connectivity index (χ0n) is 8.36. The highest BCUT2D eigenvalue weighted by molar-refractivity contribution is 6.18. The standard InChI is InChI=1S/C9H15ClN4/c1-8(4-10)5-13-2-3-14-7-11-12-9(14)6-13/h7-8H,2-6H2,1H3. The van der Waals surface area contributed by atoms with Crippen LogP contribution in [-0.2, 0) is 13.1 Å². The molecule has 14 heavy (non-hydrogen) atoms.